The third-order valence-corrected chi connectivity index (χ3v) is 3.36. The molecule has 0 saturated carbocycles. The third-order valence-electron chi connectivity index (χ3n) is 3.36. The monoisotopic (exact) mass is 262 g/mol. The van der Waals surface area contributed by atoms with Crippen molar-refractivity contribution >= 4 is 0 Å². The van der Waals surface area contributed by atoms with Gasteiger partial charge in [0, 0.05) is 24.7 Å². The predicted molar refractivity (Wildman–Crippen MR) is 73.1 cm³/mol. The topological polar surface area (TPSA) is 42.4 Å². The van der Waals surface area contributed by atoms with Gasteiger partial charge >= 0.3 is 0 Å². The lowest BCUT2D eigenvalue weighted by atomic mass is 10.00. The number of furan rings is 1. The maximum Gasteiger partial charge on any atom is 0.123 e. The zero-order valence-corrected chi connectivity index (χ0v) is 11.3. The number of likely N-dealkylation sites (N-methyl/N-ethyl adjacent to an activating group) is 1. The molecule has 0 amide bonds. The number of aryl methyl sites for hydroxylation is 1. The number of nitrogens with two attached hydrogens (primary N) is 1. The Labute approximate surface area is 112 Å². The lowest BCUT2D eigenvalue weighted by Crippen LogP contribution is -2.30. The molecule has 0 saturated heterocycles. The first-order chi connectivity index (χ1) is 9.11. The molecular formula is C15H19FN2O. The molecule has 0 fully saturated rings. The van der Waals surface area contributed by atoms with E-state index in [4.69, 9.17) is 10.2 Å². The van der Waals surface area contributed by atoms with Crippen LogP contribution in [0.15, 0.2) is 41.2 Å². The first-order valence-corrected chi connectivity index (χ1v) is 6.29. The molecule has 3 nitrogen and oxygen atoms in total. The van der Waals surface area contributed by atoms with Crippen molar-refractivity contribution < 1.29 is 8.81 Å². The van der Waals surface area contributed by atoms with E-state index in [-0.39, 0.29) is 11.9 Å². The van der Waals surface area contributed by atoms with Crippen LogP contribution in [0.2, 0.25) is 0 Å². The van der Waals surface area contributed by atoms with Gasteiger partial charge in [-0.05, 0) is 43.3 Å². The molecule has 2 N–H and O–H groups in total. The maximum absolute atomic E-state index is 13.2. The van der Waals surface area contributed by atoms with Crippen LogP contribution in [0.1, 0.15) is 22.7 Å². The van der Waals surface area contributed by atoms with Gasteiger partial charge in [-0.1, -0.05) is 6.07 Å². The van der Waals surface area contributed by atoms with Gasteiger partial charge < -0.3 is 10.2 Å². The van der Waals surface area contributed by atoms with E-state index in [1.165, 1.54) is 6.07 Å². The number of hydrogen-bond donors (Lipinski definition) is 1. The predicted octanol–water partition coefficient (Wildman–Crippen LogP) is 2.86. The number of halogens is 1. The summed E-state index contributed by atoms with van der Waals surface area (Å²) in [6.07, 6.45) is 3.38. The minimum atomic E-state index is -0.213. The molecule has 4 heteroatoms. The Morgan fingerprint density at radius 2 is 2.16 bits per heavy atom. The van der Waals surface area contributed by atoms with Crippen molar-refractivity contribution in [1.29, 1.82) is 0 Å². The van der Waals surface area contributed by atoms with Crippen LogP contribution in [0.25, 0.3) is 0 Å². The summed E-state index contributed by atoms with van der Waals surface area (Å²) in [7, 11) is 2.01. The summed E-state index contributed by atoms with van der Waals surface area (Å²) in [4.78, 5) is 2.14. The zero-order chi connectivity index (χ0) is 13.8. The number of benzene rings is 1. The van der Waals surface area contributed by atoms with Crippen molar-refractivity contribution in [2.75, 3.05) is 13.6 Å². The Hall–Kier alpha value is -1.65. The minimum Gasteiger partial charge on any atom is -0.472 e. The highest BCUT2D eigenvalue weighted by molar-refractivity contribution is 5.30. The molecule has 0 bridgehead atoms. The Balaban J connectivity index is 2.18. The normalized spacial score (nSPS) is 12.9. The molecule has 19 heavy (non-hydrogen) atoms. The second-order valence-electron chi connectivity index (χ2n) is 4.80. The van der Waals surface area contributed by atoms with Crippen LogP contribution >= 0.6 is 0 Å². The molecule has 102 valence electrons. The number of hydrogen-bond acceptors (Lipinski definition) is 3. The molecule has 1 heterocycles. The summed E-state index contributed by atoms with van der Waals surface area (Å²) in [5.41, 5.74) is 8.97. The highest BCUT2D eigenvalue weighted by Gasteiger charge is 2.18. The smallest absolute Gasteiger partial charge is 0.123 e. The minimum absolute atomic E-state index is 0.0653. The first-order valence-electron chi connectivity index (χ1n) is 6.29. The summed E-state index contributed by atoms with van der Waals surface area (Å²) in [6, 6.07) is 6.84. The van der Waals surface area contributed by atoms with Crippen LogP contribution < -0.4 is 5.73 Å². The highest BCUT2D eigenvalue weighted by Crippen LogP contribution is 2.24. The summed E-state index contributed by atoms with van der Waals surface area (Å²) in [5.74, 6) is -0.213. The molecule has 1 aromatic carbocycles. The first kappa shape index (κ1) is 13.8. The highest BCUT2D eigenvalue weighted by atomic mass is 19.1. The van der Waals surface area contributed by atoms with Gasteiger partial charge in [-0.25, -0.2) is 4.39 Å². The molecule has 0 aliphatic heterocycles. The zero-order valence-electron chi connectivity index (χ0n) is 11.3. The van der Waals surface area contributed by atoms with Gasteiger partial charge in [0.05, 0.1) is 12.5 Å². The molecule has 2 rings (SSSR count). The standard InChI is InChI=1S/C15H19FN2O/c1-11-7-13(16)3-4-14(11)15(8-17)18(2)9-12-5-6-19-10-12/h3-7,10,15H,8-9,17H2,1-2H3. The molecule has 0 aliphatic carbocycles. The second-order valence-corrected chi connectivity index (χ2v) is 4.80. The van der Waals surface area contributed by atoms with Crippen molar-refractivity contribution in [3.8, 4) is 0 Å². The molecule has 2 aromatic rings. The van der Waals surface area contributed by atoms with Crippen LogP contribution in [-0.2, 0) is 6.54 Å². The van der Waals surface area contributed by atoms with E-state index in [2.05, 4.69) is 4.90 Å². The lowest BCUT2D eigenvalue weighted by molar-refractivity contribution is 0.240. The molecule has 1 atom stereocenters. The summed E-state index contributed by atoms with van der Waals surface area (Å²) >= 11 is 0. The van der Waals surface area contributed by atoms with Crippen molar-refractivity contribution in [3.63, 3.8) is 0 Å². The van der Waals surface area contributed by atoms with Crippen LogP contribution in [0, 0.1) is 12.7 Å². The van der Waals surface area contributed by atoms with Crippen molar-refractivity contribution in [1.82, 2.24) is 4.90 Å². The fraction of sp³-hybridized carbons (Fsp3) is 0.333. The van der Waals surface area contributed by atoms with Gasteiger partial charge in [0.1, 0.15) is 5.82 Å². The fourth-order valence-corrected chi connectivity index (χ4v) is 2.34. The Morgan fingerprint density at radius 1 is 1.37 bits per heavy atom. The van der Waals surface area contributed by atoms with E-state index >= 15 is 0 Å². The van der Waals surface area contributed by atoms with Crippen LogP contribution in [-0.4, -0.2) is 18.5 Å². The lowest BCUT2D eigenvalue weighted by Gasteiger charge is -2.28. The van der Waals surface area contributed by atoms with E-state index in [0.29, 0.717) is 6.54 Å². The van der Waals surface area contributed by atoms with Crippen molar-refractivity contribution in [3.05, 3.63) is 59.3 Å². The van der Waals surface area contributed by atoms with Crippen LogP contribution in [0.3, 0.4) is 0 Å². The second kappa shape index (κ2) is 5.99. The Morgan fingerprint density at radius 3 is 2.74 bits per heavy atom. The van der Waals surface area contributed by atoms with Crippen molar-refractivity contribution in [2.24, 2.45) is 5.73 Å². The largest absolute Gasteiger partial charge is 0.472 e. The van der Waals surface area contributed by atoms with Crippen molar-refractivity contribution in [2.45, 2.75) is 19.5 Å². The van der Waals surface area contributed by atoms with Gasteiger partial charge in [-0.2, -0.15) is 0 Å². The van der Waals surface area contributed by atoms with E-state index in [1.54, 1.807) is 18.6 Å². The fourth-order valence-electron chi connectivity index (χ4n) is 2.34. The van der Waals surface area contributed by atoms with Crippen LogP contribution in [0.5, 0.6) is 0 Å². The molecule has 1 unspecified atom stereocenters. The molecule has 0 spiro atoms. The summed E-state index contributed by atoms with van der Waals surface area (Å²) in [6.45, 7) is 3.14. The van der Waals surface area contributed by atoms with Gasteiger partial charge in [0.15, 0.2) is 0 Å². The van der Waals surface area contributed by atoms with E-state index in [1.807, 2.05) is 26.1 Å². The maximum atomic E-state index is 13.2. The van der Waals surface area contributed by atoms with Crippen LogP contribution in [0.4, 0.5) is 4.39 Å². The Kier molecular flexibility index (Phi) is 4.35. The quantitative estimate of drug-likeness (QED) is 0.901. The SMILES string of the molecule is Cc1cc(F)ccc1C(CN)N(C)Cc1ccoc1. The average Bonchev–Trinajstić information content (AvgIpc) is 2.85. The third kappa shape index (κ3) is 3.22. The molecular weight excluding hydrogens is 243 g/mol. The molecule has 0 aliphatic rings. The summed E-state index contributed by atoms with van der Waals surface area (Å²) in [5, 5.41) is 0. The molecule has 1 aromatic heterocycles. The number of rotatable bonds is 5. The molecule has 0 radical (unpaired) electrons. The van der Waals surface area contributed by atoms with Gasteiger partial charge in [-0.15, -0.1) is 0 Å². The number of nitrogens with zero attached hydrogens (tertiary/aromatic N) is 1. The van der Waals surface area contributed by atoms with E-state index in [9.17, 15) is 4.39 Å². The summed E-state index contributed by atoms with van der Waals surface area (Å²) < 4.78 is 18.2. The van der Waals surface area contributed by atoms with Gasteiger partial charge in [0.25, 0.3) is 0 Å². The van der Waals surface area contributed by atoms with Gasteiger partial charge in [-0.3, -0.25) is 4.90 Å². The Bertz CT molecular complexity index is 525. The average molecular weight is 262 g/mol. The van der Waals surface area contributed by atoms with Gasteiger partial charge in [0.2, 0.25) is 0 Å². The van der Waals surface area contributed by atoms with E-state index < -0.39 is 0 Å². The van der Waals surface area contributed by atoms with E-state index in [0.717, 1.165) is 23.2 Å².